The second-order valence-electron chi connectivity index (χ2n) is 5.38. The highest BCUT2D eigenvalue weighted by Crippen LogP contribution is 2.24. The first kappa shape index (κ1) is 15.0. The van der Waals surface area contributed by atoms with Gasteiger partial charge in [-0.15, -0.1) is 0 Å². The molecule has 1 N–H and O–H groups in total. The van der Waals surface area contributed by atoms with Crippen molar-refractivity contribution in [2.24, 2.45) is 7.05 Å². The number of carboxylic acid groups (broad SMARTS) is 1. The van der Waals surface area contributed by atoms with E-state index in [1.54, 1.807) is 25.6 Å². The maximum absolute atomic E-state index is 12.4. The van der Waals surface area contributed by atoms with Crippen LogP contribution in [0.3, 0.4) is 0 Å². The number of imidazole rings is 1. The Bertz CT molecular complexity index is 956. The molecule has 0 saturated heterocycles. The summed E-state index contributed by atoms with van der Waals surface area (Å²) in [5.74, 6) is -0.846. The molecule has 3 rings (SSSR count). The molecule has 7 nitrogen and oxygen atoms in total. The van der Waals surface area contributed by atoms with E-state index in [1.807, 2.05) is 23.5 Å². The number of carbonyl (C=O) groups is 1. The van der Waals surface area contributed by atoms with E-state index in [1.165, 1.54) is 4.68 Å². The van der Waals surface area contributed by atoms with Gasteiger partial charge in [0.05, 0.1) is 18.2 Å². The molecule has 118 valence electrons. The van der Waals surface area contributed by atoms with Crippen LogP contribution in [0.2, 0.25) is 0 Å². The fourth-order valence-electron chi connectivity index (χ4n) is 2.65. The van der Waals surface area contributed by atoms with Crippen molar-refractivity contribution in [2.45, 2.75) is 19.8 Å². The largest absolute Gasteiger partial charge is 0.481 e. The second kappa shape index (κ2) is 5.68. The molecule has 0 bridgehead atoms. The normalized spacial score (nSPS) is 11.0. The maximum Gasteiger partial charge on any atom is 0.303 e. The summed E-state index contributed by atoms with van der Waals surface area (Å²) < 4.78 is 3.12. The Morgan fingerprint density at radius 1 is 1.35 bits per heavy atom. The highest BCUT2D eigenvalue weighted by molar-refractivity contribution is 5.79. The molecular weight excluding hydrogens is 296 g/mol. The lowest BCUT2D eigenvalue weighted by Crippen LogP contribution is -2.22. The topological polar surface area (TPSA) is 89.5 Å². The predicted octanol–water partition coefficient (Wildman–Crippen LogP) is 1.42. The van der Waals surface area contributed by atoms with Crippen molar-refractivity contribution < 1.29 is 9.90 Å². The minimum atomic E-state index is -0.846. The molecule has 0 spiro atoms. The van der Waals surface area contributed by atoms with Gasteiger partial charge in [-0.3, -0.25) is 9.59 Å². The quantitative estimate of drug-likeness (QED) is 0.787. The van der Waals surface area contributed by atoms with Gasteiger partial charge in [0, 0.05) is 30.7 Å². The molecular formula is C16H16N4O3. The number of aromatic nitrogens is 4. The lowest BCUT2D eigenvalue weighted by atomic mass is 10.0. The van der Waals surface area contributed by atoms with Gasteiger partial charge in [-0.2, -0.15) is 5.10 Å². The van der Waals surface area contributed by atoms with E-state index in [0.717, 1.165) is 16.8 Å². The van der Waals surface area contributed by atoms with Gasteiger partial charge in [0.1, 0.15) is 5.65 Å². The Kier molecular flexibility index (Phi) is 3.69. The van der Waals surface area contributed by atoms with Crippen molar-refractivity contribution in [3.8, 4) is 11.1 Å². The zero-order chi connectivity index (χ0) is 16.6. The highest BCUT2D eigenvalue weighted by atomic mass is 16.4. The summed E-state index contributed by atoms with van der Waals surface area (Å²) in [7, 11) is 1.61. The van der Waals surface area contributed by atoms with Crippen LogP contribution < -0.4 is 5.56 Å². The van der Waals surface area contributed by atoms with E-state index in [9.17, 15) is 9.59 Å². The molecule has 0 saturated carbocycles. The van der Waals surface area contributed by atoms with Crippen molar-refractivity contribution in [3.05, 3.63) is 52.3 Å². The Labute approximate surface area is 131 Å². The van der Waals surface area contributed by atoms with Crippen LogP contribution in [0.4, 0.5) is 0 Å². The molecule has 0 aliphatic heterocycles. The van der Waals surface area contributed by atoms with E-state index in [-0.39, 0.29) is 12.0 Å². The summed E-state index contributed by atoms with van der Waals surface area (Å²) >= 11 is 0. The number of hydrogen-bond donors (Lipinski definition) is 1. The third kappa shape index (κ3) is 2.61. The van der Waals surface area contributed by atoms with Gasteiger partial charge in [-0.1, -0.05) is 0 Å². The second-order valence-corrected chi connectivity index (χ2v) is 5.38. The molecule has 3 aromatic heterocycles. The van der Waals surface area contributed by atoms with Crippen molar-refractivity contribution in [1.29, 1.82) is 0 Å². The lowest BCUT2D eigenvalue weighted by Gasteiger charge is -2.11. The average molecular weight is 312 g/mol. The van der Waals surface area contributed by atoms with Crippen LogP contribution in [0, 0.1) is 6.92 Å². The Balaban J connectivity index is 2.20. The number of nitrogens with zero attached hydrogens (tertiary/aromatic N) is 4. The minimum absolute atomic E-state index is 0.0443. The molecule has 23 heavy (non-hydrogen) atoms. The molecule has 7 heteroatoms. The Hall–Kier alpha value is -2.96. The van der Waals surface area contributed by atoms with Crippen LogP contribution in [-0.2, 0) is 18.3 Å². The summed E-state index contributed by atoms with van der Waals surface area (Å²) in [5.41, 5.74) is 3.34. The summed E-state index contributed by atoms with van der Waals surface area (Å²) in [5, 5.41) is 12.9. The van der Waals surface area contributed by atoms with Crippen molar-refractivity contribution in [3.63, 3.8) is 0 Å². The van der Waals surface area contributed by atoms with Gasteiger partial charge in [0.2, 0.25) is 0 Å². The standard InChI is InChI=1S/C16H16N4O3/c1-10-9-18-19(2)16(23)14(10)12-5-3-11(4-6-13(21)22)20-8-7-17-15(12)20/h3,5,7-9H,4,6H2,1-2H3,(H,21,22). The molecule has 0 fully saturated rings. The van der Waals surface area contributed by atoms with Crippen molar-refractivity contribution in [2.75, 3.05) is 0 Å². The lowest BCUT2D eigenvalue weighted by molar-refractivity contribution is -0.136. The van der Waals surface area contributed by atoms with Crippen LogP contribution in [0.5, 0.6) is 0 Å². The van der Waals surface area contributed by atoms with E-state index in [0.29, 0.717) is 17.6 Å². The number of hydrogen-bond acceptors (Lipinski definition) is 4. The van der Waals surface area contributed by atoms with E-state index in [4.69, 9.17) is 5.11 Å². The fraction of sp³-hybridized carbons (Fsp3) is 0.250. The molecule has 3 aromatic rings. The van der Waals surface area contributed by atoms with Gasteiger partial charge in [0.15, 0.2) is 0 Å². The first-order valence-corrected chi connectivity index (χ1v) is 7.19. The summed E-state index contributed by atoms with van der Waals surface area (Å²) in [6, 6.07) is 3.66. The molecule has 0 radical (unpaired) electrons. The third-order valence-corrected chi connectivity index (χ3v) is 3.82. The average Bonchev–Trinajstić information content (AvgIpc) is 3.00. The molecule has 3 heterocycles. The monoisotopic (exact) mass is 312 g/mol. The summed E-state index contributed by atoms with van der Waals surface area (Å²) in [6.07, 6.45) is 5.51. The molecule has 0 atom stereocenters. The number of fused-ring (bicyclic) bond motifs is 1. The van der Waals surface area contributed by atoms with Crippen LogP contribution in [0.15, 0.2) is 35.5 Å². The summed E-state index contributed by atoms with van der Waals surface area (Å²) in [4.78, 5) is 27.6. The first-order chi connectivity index (χ1) is 11.0. The van der Waals surface area contributed by atoms with Gasteiger partial charge >= 0.3 is 5.97 Å². The fourth-order valence-corrected chi connectivity index (χ4v) is 2.65. The van der Waals surface area contributed by atoms with E-state index in [2.05, 4.69) is 10.1 Å². The van der Waals surface area contributed by atoms with Gasteiger partial charge in [-0.05, 0) is 31.0 Å². The number of carboxylic acids is 1. The van der Waals surface area contributed by atoms with Gasteiger partial charge < -0.3 is 9.51 Å². The third-order valence-electron chi connectivity index (χ3n) is 3.82. The number of pyridine rings is 1. The zero-order valence-electron chi connectivity index (χ0n) is 12.9. The van der Waals surface area contributed by atoms with Crippen LogP contribution >= 0.6 is 0 Å². The van der Waals surface area contributed by atoms with E-state index >= 15 is 0 Å². The minimum Gasteiger partial charge on any atom is -0.481 e. The predicted molar refractivity (Wildman–Crippen MR) is 84.4 cm³/mol. The Morgan fingerprint density at radius 2 is 2.13 bits per heavy atom. The van der Waals surface area contributed by atoms with Crippen molar-refractivity contribution >= 4 is 11.6 Å². The number of rotatable bonds is 4. The summed E-state index contributed by atoms with van der Waals surface area (Å²) in [6.45, 7) is 1.83. The molecule has 0 unspecified atom stereocenters. The Morgan fingerprint density at radius 3 is 2.87 bits per heavy atom. The van der Waals surface area contributed by atoms with Crippen LogP contribution in [0.25, 0.3) is 16.8 Å². The van der Waals surface area contributed by atoms with Crippen molar-refractivity contribution in [1.82, 2.24) is 19.2 Å². The number of aryl methyl sites for hydroxylation is 3. The van der Waals surface area contributed by atoms with Gasteiger partial charge in [-0.25, -0.2) is 9.67 Å². The smallest absolute Gasteiger partial charge is 0.303 e. The van der Waals surface area contributed by atoms with E-state index < -0.39 is 5.97 Å². The number of aliphatic carboxylic acids is 1. The zero-order valence-corrected chi connectivity index (χ0v) is 12.9. The molecule has 0 aromatic carbocycles. The first-order valence-electron chi connectivity index (χ1n) is 7.19. The molecule has 0 aliphatic carbocycles. The SMILES string of the molecule is Cc1cnn(C)c(=O)c1-c1ccc(CCC(=O)O)n2ccnc12. The molecule has 0 aliphatic rings. The molecule has 0 amide bonds. The van der Waals surface area contributed by atoms with Gasteiger partial charge in [0.25, 0.3) is 5.56 Å². The maximum atomic E-state index is 12.4. The van der Waals surface area contributed by atoms with Crippen LogP contribution in [0.1, 0.15) is 17.7 Å². The van der Waals surface area contributed by atoms with Crippen LogP contribution in [-0.4, -0.2) is 30.2 Å². The highest BCUT2D eigenvalue weighted by Gasteiger charge is 2.15.